The van der Waals surface area contributed by atoms with E-state index in [4.69, 9.17) is 0 Å². The van der Waals surface area contributed by atoms with Crippen LogP contribution in [-0.2, 0) is 4.79 Å². The van der Waals surface area contributed by atoms with E-state index in [2.05, 4.69) is 43.3 Å². The van der Waals surface area contributed by atoms with Crippen LogP contribution in [0.1, 0.15) is 25.8 Å². The van der Waals surface area contributed by atoms with Gasteiger partial charge in [-0.3, -0.25) is 4.79 Å². The van der Waals surface area contributed by atoms with E-state index in [9.17, 15) is 4.79 Å². The Morgan fingerprint density at radius 3 is 2.05 bits per heavy atom. The lowest BCUT2D eigenvalue weighted by Crippen LogP contribution is -1.89. The molecule has 0 N–H and O–H groups in total. The van der Waals surface area contributed by atoms with Crippen molar-refractivity contribution in [2.45, 2.75) is 20.3 Å². The lowest BCUT2D eigenvalue weighted by atomic mass is 9.98. The summed E-state index contributed by atoms with van der Waals surface area (Å²) in [5.74, 6) is 0.101. The summed E-state index contributed by atoms with van der Waals surface area (Å²) < 4.78 is 0. The first-order valence-corrected chi connectivity index (χ1v) is 6.57. The van der Waals surface area contributed by atoms with Crippen molar-refractivity contribution in [3.8, 4) is 11.1 Å². The molecule has 0 saturated carbocycles. The molecule has 2 aromatic carbocycles. The standard InChI is InChI=1S/C18H18O/c1-3-15(13-14(2)19)17-9-11-18(12-10-17)16-7-5-4-6-8-16/h4-13H,3H2,1-2H3/b15-13-. The molecule has 0 aromatic heterocycles. The highest BCUT2D eigenvalue weighted by molar-refractivity contribution is 5.95. The summed E-state index contributed by atoms with van der Waals surface area (Å²) in [6.07, 6.45) is 2.59. The quantitative estimate of drug-likeness (QED) is 0.716. The van der Waals surface area contributed by atoms with Crippen LogP contribution in [0.2, 0.25) is 0 Å². The minimum absolute atomic E-state index is 0.101. The minimum atomic E-state index is 0.101. The van der Waals surface area contributed by atoms with Gasteiger partial charge in [0.1, 0.15) is 0 Å². The molecule has 0 aliphatic carbocycles. The molecule has 2 rings (SSSR count). The zero-order chi connectivity index (χ0) is 13.7. The van der Waals surface area contributed by atoms with Crippen molar-refractivity contribution in [3.05, 3.63) is 66.2 Å². The predicted molar refractivity (Wildman–Crippen MR) is 80.8 cm³/mol. The fourth-order valence-corrected chi connectivity index (χ4v) is 2.14. The van der Waals surface area contributed by atoms with Crippen LogP contribution in [0.4, 0.5) is 0 Å². The molecule has 0 unspecified atom stereocenters. The Morgan fingerprint density at radius 2 is 1.53 bits per heavy atom. The topological polar surface area (TPSA) is 17.1 Å². The molecule has 0 radical (unpaired) electrons. The van der Waals surface area contributed by atoms with E-state index in [0.29, 0.717) is 0 Å². The van der Waals surface area contributed by atoms with E-state index in [0.717, 1.165) is 17.6 Å². The molecule has 96 valence electrons. The first kappa shape index (κ1) is 13.3. The highest BCUT2D eigenvalue weighted by Crippen LogP contribution is 2.23. The van der Waals surface area contributed by atoms with Gasteiger partial charge in [-0.1, -0.05) is 61.5 Å². The van der Waals surface area contributed by atoms with Crippen molar-refractivity contribution >= 4 is 11.4 Å². The van der Waals surface area contributed by atoms with E-state index in [-0.39, 0.29) is 5.78 Å². The fourth-order valence-electron chi connectivity index (χ4n) is 2.14. The summed E-state index contributed by atoms with van der Waals surface area (Å²) in [5, 5.41) is 0. The van der Waals surface area contributed by atoms with Gasteiger partial charge in [-0.05, 0) is 41.7 Å². The average molecular weight is 250 g/mol. The maximum atomic E-state index is 11.2. The molecule has 0 spiro atoms. The van der Waals surface area contributed by atoms with Crippen molar-refractivity contribution in [2.75, 3.05) is 0 Å². The molecule has 19 heavy (non-hydrogen) atoms. The molecule has 0 heterocycles. The van der Waals surface area contributed by atoms with E-state index < -0.39 is 0 Å². The molecule has 0 bridgehead atoms. The molecule has 0 aliphatic rings. The van der Waals surface area contributed by atoms with Gasteiger partial charge in [0.15, 0.2) is 5.78 Å². The molecule has 1 heteroatoms. The Labute approximate surface area is 114 Å². The number of benzene rings is 2. The van der Waals surface area contributed by atoms with Gasteiger partial charge in [0.05, 0.1) is 0 Å². The Balaban J connectivity index is 2.31. The molecular weight excluding hydrogens is 232 g/mol. The molecule has 0 saturated heterocycles. The maximum absolute atomic E-state index is 11.2. The third kappa shape index (κ3) is 3.41. The van der Waals surface area contributed by atoms with Crippen molar-refractivity contribution in [2.24, 2.45) is 0 Å². The number of ketones is 1. The zero-order valence-electron chi connectivity index (χ0n) is 11.4. The van der Waals surface area contributed by atoms with Gasteiger partial charge in [0.25, 0.3) is 0 Å². The summed E-state index contributed by atoms with van der Waals surface area (Å²) in [6.45, 7) is 3.66. The second-order valence-corrected chi connectivity index (χ2v) is 4.58. The normalized spacial score (nSPS) is 11.4. The van der Waals surface area contributed by atoms with Crippen molar-refractivity contribution in [3.63, 3.8) is 0 Å². The SMILES string of the molecule is CC/C(=C/C(C)=O)c1ccc(-c2ccccc2)cc1. The minimum Gasteiger partial charge on any atom is -0.295 e. The van der Waals surface area contributed by atoms with Crippen molar-refractivity contribution in [1.29, 1.82) is 0 Å². The Hall–Kier alpha value is -2.15. The highest BCUT2D eigenvalue weighted by atomic mass is 16.1. The molecule has 0 fully saturated rings. The Morgan fingerprint density at radius 1 is 0.947 bits per heavy atom. The summed E-state index contributed by atoms with van der Waals surface area (Å²) in [7, 11) is 0. The number of rotatable bonds is 4. The second-order valence-electron chi connectivity index (χ2n) is 4.58. The van der Waals surface area contributed by atoms with Gasteiger partial charge in [-0.25, -0.2) is 0 Å². The van der Waals surface area contributed by atoms with Crippen LogP contribution in [-0.4, -0.2) is 5.78 Å². The second kappa shape index (κ2) is 6.14. The number of hydrogen-bond acceptors (Lipinski definition) is 1. The third-order valence-electron chi connectivity index (χ3n) is 3.12. The monoisotopic (exact) mass is 250 g/mol. The molecule has 0 aliphatic heterocycles. The summed E-state index contributed by atoms with van der Waals surface area (Å²) in [6, 6.07) is 18.7. The van der Waals surface area contributed by atoms with Crippen LogP contribution in [0.25, 0.3) is 16.7 Å². The Kier molecular flexibility index (Phi) is 4.30. The van der Waals surface area contributed by atoms with E-state index in [1.807, 2.05) is 18.2 Å². The molecule has 0 atom stereocenters. The van der Waals surface area contributed by atoms with E-state index >= 15 is 0 Å². The highest BCUT2D eigenvalue weighted by Gasteiger charge is 2.02. The van der Waals surface area contributed by atoms with Gasteiger partial charge in [-0.2, -0.15) is 0 Å². The van der Waals surface area contributed by atoms with Crippen molar-refractivity contribution < 1.29 is 4.79 Å². The summed E-state index contributed by atoms with van der Waals surface area (Å²) in [4.78, 5) is 11.2. The van der Waals surface area contributed by atoms with Crippen LogP contribution in [0.15, 0.2) is 60.7 Å². The van der Waals surface area contributed by atoms with Gasteiger partial charge in [0, 0.05) is 0 Å². The van der Waals surface area contributed by atoms with E-state index in [1.165, 1.54) is 11.1 Å². The fraction of sp³-hybridized carbons (Fsp3) is 0.167. The largest absolute Gasteiger partial charge is 0.295 e. The van der Waals surface area contributed by atoms with Gasteiger partial charge >= 0.3 is 0 Å². The predicted octanol–water partition coefficient (Wildman–Crippen LogP) is 4.74. The van der Waals surface area contributed by atoms with Gasteiger partial charge < -0.3 is 0 Å². The smallest absolute Gasteiger partial charge is 0.152 e. The molecule has 1 nitrogen and oxygen atoms in total. The summed E-state index contributed by atoms with van der Waals surface area (Å²) >= 11 is 0. The lowest BCUT2D eigenvalue weighted by Gasteiger charge is -2.06. The van der Waals surface area contributed by atoms with Crippen LogP contribution in [0.5, 0.6) is 0 Å². The number of carbonyl (C=O) groups is 1. The number of allylic oxidation sites excluding steroid dienone is 2. The molecule has 0 amide bonds. The van der Waals surface area contributed by atoms with Crippen LogP contribution in [0.3, 0.4) is 0 Å². The first-order valence-electron chi connectivity index (χ1n) is 6.57. The van der Waals surface area contributed by atoms with Gasteiger partial charge in [0.2, 0.25) is 0 Å². The number of carbonyl (C=O) groups excluding carboxylic acids is 1. The zero-order valence-corrected chi connectivity index (χ0v) is 11.4. The summed E-state index contributed by atoms with van der Waals surface area (Å²) in [5.41, 5.74) is 4.62. The average Bonchev–Trinajstić information content (AvgIpc) is 2.46. The lowest BCUT2D eigenvalue weighted by molar-refractivity contribution is -0.112. The van der Waals surface area contributed by atoms with E-state index in [1.54, 1.807) is 13.0 Å². The molecule has 2 aromatic rings. The Bertz CT molecular complexity index is 577. The third-order valence-corrected chi connectivity index (χ3v) is 3.12. The van der Waals surface area contributed by atoms with Crippen LogP contribution < -0.4 is 0 Å². The molecular formula is C18H18O. The van der Waals surface area contributed by atoms with Gasteiger partial charge in [-0.15, -0.1) is 0 Å². The van der Waals surface area contributed by atoms with Crippen LogP contribution in [0, 0.1) is 0 Å². The first-order chi connectivity index (χ1) is 9.20. The number of hydrogen-bond donors (Lipinski definition) is 0. The van der Waals surface area contributed by atoms with Crippen LogP contribution >= 0.6 is 0 Å². The van der Waals surface area contributed by atoms with Crippen molar-refractivity contribution in [1.82, 2.24) is 0 Å². The maximum Gasteiger partial charge on any atom is 0.152 e.